The molecule has 0 aliphatic heterocycles. The molecule has 0 saturated carbocycles. The fourth-order valence-electron chi connectivity index (χ4n) is 1.01. The van der Waals surface area contributed by atoms with Crippen molar-refractivity contribution in [3.63, 3.8) is 0 Å². The highest BCUT2D eigenvalue weighted by molar-refractivity contribution is 5.83. The monoisotopic (exact) mass is 217 g/mol. The second-order valence-corrected chi connectivity index (χ2v) is 3.10. The number of amides is 1. The SMILES string of the molecule is CCC(=O)N[C@H](CCCC(=O)O)C(=O)O. The standard InChI is InChI=1S/C9H15NO5/c1-2-7(11)10-6(9(14)15)4-3-5-8(12)13/h6H,2-5H2,1H3,(H,10,11)(H,12,13)(H,14,15)/t6-/m1/s1. The molecule has 0 aromatic rings. The molecule has 1 amide bonds. The van der Waals surface area contributed by atoms with E-state index in [9.17, 15) is 14.4 Å². The molecule has 0 aliphatic rings. The molecule has 0 aromatic carbocycles. The summed E-state index contributed by atoms with van der Waals surface area (Å²) >= 11 is 0. The maximum atomic E-state index is 10.9. The average molecular weight is 217 g/mol. The predicted octanol–water partition coefficient (Wildman–Crippen LogP) is 0.221. The maximum Gasteiger partial charge on any atom is 0.326 e. The van der Waals surface area contributed by atoms with Crippen LogP contribution in [0.15, 0.2) is 0 Å². The van der Waals surface area contributed by atoms with Crippen molar-refractivity contribution in [1.29, 1.82) is 0 Å². The van der Waals surface area contributed by atoms with E-state index in [-0.39, 0.29) is 31.6 Å². The zero-order valence-corrected chi connectivity index (χ0v) is 8.52. The summed E-state index contributed by atoms with van der Waals surface area (Å²) in [5.41, 5.74) is 0. The third-order valence-electron chi connectivity index (χ3n) is 1.84. The van der Waals surface area contributed by atoms with Gasteiger partial charge in [-0.25, -0.2) is 4.79 Å². The summed E-state index contributed by atoms with van der Waals surface area (Å²) in [6, 6.07) is -0.989. The molecule has 0 aliphatic carbocycles. The van der Waals surface area contributed by atoms with Crippen molar-refractivity contribution < 1.29 is 24.6 Å². The molecule has 0 spiro atoms. The molecule has 0 fully saturated rings. The molecule has 6 nitrogen and oxygen atoms in total. The molecule has 0 unspecified atom stereocenters. The van der Waals surface area contributed by atoms with Crippen LogP contribution in [0.5, 0.6) is 0 Å². The lowest BCUT2D eigenvalue weighted by Gasteiger charge is -2.12. The summed E-state index contributed by atoms with van der Waals surface area (Å²) < 4.78 is 0. The van der Waals surface area contributed by atoms with Gasteiger partial charge in [-0.1, -0.05) is 6.92 Å². The molecule has 1 atom stereocenters. The van der Waals surface area contributed by atoms with Crippen LogP contribution in [0.1, 0.15) is 32.6 Å². The van der Waals surface area contributed by atoms with Gasteiger partial charge in [-0.15, -0.1) is 0 Å². The van der Waals surface area contributed by atoms with E-state index in [1.54, 1.807) is 6.92 Å². The molecule has 15 heavy (non-hydrogen) atoms. The number of carboxylic acids is 2. The Labute approximate surface area is 87.3 Å². The fraction of sp³-hybridized carbons (Fsp3) is 0.667. The van der Waals surface area contributed by atoms with E-state index in [0.29, 0.717) is 0 Å². The second-order valence-electron chi connectivity index (χ2n) is 3.10. The largest absolute Gasteiger partial charge is 0.481 e. The number of rotatable bonds is 7. The molecular weight excluding hydrogens is 202 g/mol. The van der Waals surface area contributed by atoms with Crippen molar-refractivity contribution in [2.24, 2.45) is 0 Å². The Kier molecular flexibility index (Phi) is 6.08. The quantitative estimate of drug-likeness (QED) is 0.566. The highest BCUT2D eigenvalue weighted by atomic mass is 16.4. The minimum atomic E-state index is -1.14. The van der Waals surface area contributed by atoms with Crippen LogP contribution in [0, 0.1) is 0 Å². The van der Waals surface area contributed by atoms with E-state index < -0.39 is 18.0 Å². The lowest BCUT2D eigenvalue weighted by molar-refractivity contribution is -0.142. The zero-order valence-electron chi connectivity index (χ0n) is 8.52. The van der Waals surface area contributed by atoms with E-state index in [2.05, 4.69) is 5.32 Å². The van der Waals surface area contributed by atoms with Gasteiger partial charge in [0.1, 0.15) is 6.04 Å². The summed E-state index contributed by atoms with van der Waals surface area (Å²) in [4.78, 5) is 31.8. The third kappa shape index (κ3) is 6.48. The first kappa shape index (κ1) is 13.4. The third-order valence-corrected chi connectivity index (χ3v) is 1.84. The Morgan fingerprint density at radius 1 is 1.27 bits per heavy atom. The van der Waals surface area contributed by atoms with Gasteiger partial charge >= 0.3 is 11.9 Å². The van der Waals surface area contributed by atoms with Crippen LogP contribution >= 0.6 is 0 Å². The van der Waals surface area contributed by atoms with Crippen molar-refractivity contribution >= 4 is 17.8 Å². The summed E-state index contributed by atoms with van der Waals surface area (Å²) in [7, 11) is 0. The lowest BCUT2D eigenvalue weighted by atomic mass is 10.1. The van der Waals surface area contributed by atoms with Crippen LogP contribution in [0.25, 0.3) is 0 Å². The summed E-state index contributed by atoms with van der Waals surface area (Å²) in [5.74, 6) is -2.46. The molecule has 3 N–H and O–H groups in total. The van der Waals surface area contributed by atoms with E-state index in [4.69, 9.17) is 10.2 Å². The molecule has 0 radical (unpaired) electrons. The van der Waals surface area contributed by atoms with Gasteiger partial charge in [0.15, 0.2) is 0 Å². The van der Waals surface area contributed by atoms with Crippen LogP contribution in [-0.4, -0.2) is 34.1 Å². The van der Waals surface area contributed by atoms with E-state index in [1.807, 2.05) is 0 Å². The van der Waals surface area contributed by atoms with Crippen molar-refractivity contribution in [3.8, 4) is 0 Å². The first-order valence-electron chi connectivity index (χ1n) is 4.71. The van der Waals surface area contributed by atoms with Gasteiger partial charge in [-0.3, -0.25) is 9.59 Å². The molecule has 0 saturated heterocycles. The molecule has 0 bridgehead atoms. The first-order chi connectivity index (χ1) is 6.97. The Hall–Kier alpha value is -1.59. The predicted molar refractivity (Wildman–Crippen MR) is 51.3 cm³/mol. The molecule has 6 heteroatoms. The van der Waals surface area contributed by atoms with Crippen molar-refractivity contribution in [3.05, 3.63) is 0 Å². The number of hydrogen-bond donors (Lipinski definition) is 3. The van der Waals surface area contributed by atoms with Gasteiger partial charge in [0, 0.05) is 12.8 Å². The maximum absolute atomic E-state index is 10.9. The number of carboxylic acid groups (broad SMARTS) is 2. The second kappa shape index (κ2) is 6.80. The number of carbonyl (C=O) groups excluding carboxylic acids is 1. The van der Waals surface area contributed by atoms with E-state index in [1.165, 1.54) is 0 Å². The fourth-order valence-corrected chi connectivity index (χ4v) is 1.01. The van der Waals surface area contributed by atoms with Gasteiger partial charge < -0.3 is 15.5 Å². The van der Waals surface area contributed by atoms with E-state index in [0.717, 1.165) is 0 Å². The molecule has 0 aromatic heterocycles. The summed E-state index contributed by atoms with van der Waals surface area (Å²) in [6.45, 7) is 1.62. The minimum Gasteiger partial charge on any atom is -0.481 e. The van der Waals surface area contributed by atoms with Gasteiger partial charge in [-0.05, 0) is 12.8 Å². The van der Waals surface area contributed by atoms with Crippen LogP contribution in [0.2, 0.25) is 0 Å². The average Bonchev–Trinajstić information content (AvgIpc) is 2.15. The topological polar surface area (TPSA) is 104 Å². The van der Waals surface area contributed by atoms with Crippen molar-refractivity contribution in [1.82, 2.24) is 5.32 Å². The smallest absolute Gasteiger partial charge is 0.326 e. The molecule has 0 rings (SSSR count). The Balaban J connectivity index is 4.00. The first-order valence-corrected chi connectivity index (χ1v) is 4.71. The molecular formula is C9H15NO5. The number of hydrogen-bond acceptors (Lipinski definition) is 3. The normalized spacial score (nSPS) is 11.8. The van der Waals surface area contributed by atoms with Crippen molar-refractivity contribution in [2.75, 3.05) is 0 Å². The van der Waals surface area contributed by atoms with Crippen LogP contribution in [0.3, 0.4) is 0 Å². The Morgan fingerprint density at radius 3 is 2.27 bits per heavy atom. The van der Waals surface area contributed by atoms with Crippen molar-refractivity contribution in [2.45, 2.75) is 38.6 Å². The number of carbonyl (C=O) groups is 3. The van der Waals surface area contributed by atoms with Crippen LogP contribution < -0.4 is 5.32 Å². The minimum absolute atomic E-state index is 0.0915. The van der Waals surface area contributed by atoms with Crippen LogP contribution in [-0.2, 0) is 14.4 Å². The lowest BCUT2D eigenvalue weighted by Crippen LogP contribution is -2.40. The number of aliphatic carboxylic acids is 2. The number of nitrogens with one attached hydrogen (secondary N) is 1. The highest BCUT2D eigenvalue weighted by Crippen LogP contribution is 2.02. The van der Waals surface area contributed by atoms with Gasteiger partial charge in [0.2, 0.25) is 5.91 Å². The summed E-state index contributed by atoms with van der Waals surface area (Å²) in [6.07, 6.45) is 0.484. The molecule has 86 valence electrons. The van der Waals surface area contributed by atoms with Gasteiger partial charge in [0.25, 0.3) is 0 Å². The Morgan fingerprint density at radius 2 is 1.87 bits per heavy atom. The van der Waals surface area contributed by atoms with Gasteiger partial charge in [-0.2, -0.15) is 0 Å². The van der Waals surface area contributed by atoms with Crippen LogP contribution in [0.4, 0.5) is 0 Å². The van der Waals surface area contributed by atoms with Gasteiger partial charge in [0.05, 0.1) is 0 Å². The zero-order chi connectivity index (χ0) is 11.8. The summed E-state index contributed by atoms with van der Waals surface area (Å²) in [5, 5.41) is 19.4. The Bertz CT molecular complexity index is 251. The molecule has 0 heterocycles. The highest BCUT2D eigenvalue weighted by Gasteiger charge is 2.18. The van der Waals surface area contributed by atoms with E-state index >= 15 is 0 Å².